The van der Waals surface area contributed by atoms with E-state index in [1.807, 2.05) is 0 Å². The number of carboxylic acids is 1. The third-order valence-electron chi connectivity index (χ3n) is 3.79. The molecule has 0 aromatic heterocycles. The molecule has 0 aliphatic carbocycles. The number of hydrogen-bond acceptors (Lipinski definition) is 4. The molecule has 0 saturated heterocycles. The number of imide groups is 1. The van der Waals surface area contributed by atoms with Crippen molar-refractivity contribution in [3.05, 3.63) is 34.9 Å². The minimum absolute atomic E-state index is 0.0791. The van der Waals surface area contributed by atoms with E-state index in [0.717, 1.165) is 4.90 Å². The van der Waals surface area contributed by atoms with Crippen LogP contribution in [0.5, 0.6) is 0 Å². The molecule has 0 atom stereocenters. The Hall–Kier alpha value is -2.70. The van der Waals surface area contributed by atoms with Gasteiger partial charge >= 0.3 is 5.97 Å². The van der Waals surface area contributed by atoms with E-state index >= 15 is 0 Å². The van der Waals surface area contributed by atoms with Gasteiger partial charge in [-0.25, -0.2) is 0 Å². The zero-order valence-electron chi connectivity index (χ0n) is 13.2. The van der Waals surface area contributed by atoms with E-state index in [1.165, 1.54) is 30.1 Å². The lowest BCUT2D eigenvalue weighted by Crippen LogP contribution is -2.38. The molecule has 0 radical (unpaired) electrons. The van der Waals surface area contributed by atoms with Crippen LogP contribution in [0.1, 0.15) is 51.3 Å². The topological polar surface area (TPSA) is 95.0 Å². The van der Waals surface area contributed by atoms with Gasteiger partial charge in [-0.2, -0.15) is 0 Å². The van der Waals surface area contributed by atoms with Gasteiger partial charge in [0.25, 0.3) is 17.7 Å². The van der Waals surface area contributed by atoms with Gasteiger partial charge in [0.1, 0.15) is 0 Å². The third kappa shape index (κ3) is 3.08. The molecule has 7 nitrogen and oxygen atoms in total. The van der Waals surface area contributed by atoms with Gasteiger partial charge < -0.3 is 10.0 Å². The first-order chi connectivity index (χ1) is 10.7. The molecule has 1 heterocycles. The summed E-state index contributed by atoms with van der Waals surface area (Å²) in [5.74, 6) is -2.18. The molecule has 1 N–H and O–H groups in total. The number of amides is 3. The fraction of sp³-hybridized carbons (Fsp3) is 0.375. The lowest BCUT2D eigenvalue weighted by molar-refractivity contribution is -0.137. The van der Waals surface area contributed by atoms with E-state index in [0.29, 0.717) is 0 Å². The second-order valence-electron chi connectivity index (χ2n) is 5.67. The highest BCUT2D eigenvalue weighted by atomic mass is 16.4. The van der Waals surface area contributed by atoms with Crippen LogP contribution in [0.25, 0.3) is 0 Å². The predicted octanol–water partition coefficient (Wildman–Crippen LogP) is 1.24. The highest BCUT2D eigenvalue weighted by Crippen LogP contribution is 2.23. The van der Waals surface area contributed by atoms with E-state index < -0.39 is 17.8 Å². The van der Waals surface area contributed by atoms with Crippen molar-refractivity contribution in [2.75, 3.05) is 13.6 Å². The van der Waals surface area contributed by atoms with Crippen LogP contribution in [0.2, 0.25) is 0 Å². The average molecular weight is 318 g/mol. The Morgan fingerprint density at radius 3 is 2.35 bits per heavy atom. The summed E-state index contributed by atoms with van der Waals surface area (Å²) >= 11 is 0. The van der Waals surface area contributed by atoms with E-state index in [9.17, 15) is 19.2 Å². The van der Waals surface area contributed by atoms with Crippen molar-refractivity contribution in [1.29, 1.82) is 0 Å². The van der Waals surface area contributed by atoms with Crippen LogP contribution in [-0.2, 0) is 4.79 Å². The Morgan fingerprint density at radius 2 is 1.78 bits per heavy atom. The lowest BCUT2D eigenvalue weighted by Gasteiger charge is -2.26. The molecule has 0 unspecified atom stereocenters. The molecule has 0 bridgehead atoms. The summed E-state index contributed by atoms with van der Waals surface area (Å²) in [5.41, 5.74) is 0.736. The Bertz CT molecular complexity index is 696. The summed E-state index contributed by atoms with van der Waals surface area (Å²) in [6, 6.07) is 4.16. The van der Waals surface area contributed by atoms with Crippen LogP contribution < -0.4 is 0 Å². The third-order valence-corrected chi connectivity index (χ3v) is 3.79. The average Bonchev–Trinajstić information content (AvgIpc) is 2.71. The summed E-state index contributed by atoms with van der Waals surface area (Å²) in [6.07, 6.45) is -0.158. The molecule has 1 aliphatic heterocycles. The van der Waals surface area contributed by atoms with E-state index in [1.54, 1.807) is 13.8 Å². The zero-order chi connectivity index (χ0) is 17.3. The van der Waals surface area contributed by atoms with Crippen LogP contribution in [0, 0.1) is 0 Å². The molecule has 1 aromatic carbocycles. The van der Waals surface area contributed by atoms with Gasteiger partial charge in [-0.3, -0.25) is 24.1 Å². The fourth-order valence-electron chi connectivity index (χ4n) is 2.47. The Balaban J connectivity index is 2.31. The number of nitrogens with zero attached hydrogens (tertiary/aromatic N) is 2. The van der Waals surface area contributed by atoms with E-state index in [4.69, 9.17) is 5.11 Å². The number of benzene rings is 1. The molecular formula is C16H18N2O5. The van der Waals surface area contributed by atoms with Gasteiger partial charge in [-0.1, -0.05) is 0 Å². The summed E-state index contributed by atoms with van der Waals surface area (Å²) in [7, 11) is 1.39. The van der Waals surface area contributed by atoms with Crippen LogP contribution >= 0.6 is 0 Å². The summed E-state index contributed by atoms with van der Waals surface area (Å²) in [5, 5.41) is 8.79. The minimum Gasteiger partial charge on any atom is -0.481 e. The monoisotopic (exact) mass is 318 g/mol. The van der Waals surface area contributed by atoms with Crippen LogP contribution in [0.4, 0.5) is 0 Å². The first-order valence-electron chi connectivity index (χ1n) is 7.23. The molecule has 1 aliphatic rings. The molecule has 7 heteroatoms. The summed E-state index contributed by atoms with van der Waals surface area (Å²) in [4.78, 5) is 49.6. The molecule has 23 heavy (non-hydrogen) atoms. The number of carboxylic acid groups (broad SMARTS) is 1. The quantitative estimate of drug-likeness (QED) is 0.824. The standard InChI is InChI=1S/C16H18N2O5/c1-9(2)18(7-6-13(19)20)14(21)10-4-5-11-12(8-10)16(23)17(3)15(11)22/h4-5,8-9H,6-7H2,1-3H3,(H,19,20). The first-order valence-corrected chi connectivity index (χ1v) is 7.23. The molecule has 1 aromatic rings. The fourth-order valence-corrected chi connectivity index (χ4v) is 2.47. The maximum absolute atomic E-state index is 12.6. The van der Waals surface area contributed by atoms with Crippen molar-refractivity contribution in [3.63, 3.8) is 0 Å². The van der Waals surface area contributed by atoms with Gasteiger partial charge in [0.2, 0.25) is 0 Å². The van der Waals surface area contributed by atoms with Crippen LogP contribution in [0.15, 0.2) is 18.2 Å². The normalized spacial score (nSPS) is 13.5. The van der Waals surface area contributed by atoms with Crippen molar-refractivity contribution < 1.29 is 24.3 Å². The predicted molar refractivity (Wildman–Crippen MR) is 81.3 cm³/mol. The van der Waals surface area contributed by atoms with Gasteiger partial charge in [0.05, 0.1) is 17.5 Å². The number of carbonyl (C=O) groups is 4. The van der Waals surface area contributed by atoms with Crippen molar-refractivity contribution in [3.8, 4) is 0 Å². The number of aliphatic carboxylic acids is 1. The summed E-state index contributed by atoms with van der Waals surface area (Å²) in [6.45, 7) is 3.65. The number of rotatable bonds is 5. The maximum Gasteiger partial charge on any atom is 0.305 e. The summed E-state index contributed by atoms with van der Waals surface area (Å²) < 4.78 is 0. The molecular weight excluding hydrogens is 300 g/mol. The molecule has 0 spiro atoms. The van der Waals surface area contributed by atoms with Crippen molar-refractivity contribution in [2.45, 2.75) is 26.3 Å². The van der Waals surface area contributed by atoms with Gasteiger partial charge in [0.15, 0.2) is 0 Å². The Kier molecular flexibility index (Phi) is 4.49. The molecule has 122 valence electrons. The van der Waals surface area contributed by atoms with Crippen LogP contribution in [0.3, 0.4) is 0 Å². The van der Waals surface area contributed by atoms with Crippen molar-refractivity contribution in [1.82, 2.24) is 9.80 Å². The number of hydrogen-bond donors (Lipinski definition) is 1. The molecule has 2 rings (SSSR count). The minimum atomic E-state index is -0.986. The zero-order valence-corrected chi connectivity index (χ0v) is 13.2. The molecule has 3 amide bonds. The second-order valence-corrected chi connectivity index (χ2v) is 5.67. The molecule has 0 fully saturated rings. The first kappa shape index (κ1) is 16.7. The number of fused-ring (bicyclic) bond motifs is 1. The van der Waals surface area contributed by atoms with Crippen molar-refractivity contribution >= 4 is 23.7 Å². The largest absolute Gasteiger partial charge is 0.481 e. The van der Waals surface area contributed by atoms with Crippen LogP contribution in [-0.4, -0.2) is 58.2 Å². The molecule has 0 saturated carbocycles. The highest BCUT2D eigenvalue weighted by molar-refractivity contribution is 6.21. The number of carbonyl (C=O) groups excluding carboxylic acids is 3. The maximum atomic E-state index is 12.6. The van der Waals surface area contributed by atoms with E-state index in [-0.39, 0.29) is 41.6 Å². The highest BCUT2D eigenvalue weighted by Gasteiger charge is 2.33. The van der Waals surface area contributed by atoms with Gasteiger partial charge in [-0.15, -0.1) is 0 Å². The Labute approximate surface area is 133 Å². The second kappa shape index (κ2) is 6.20. The lowest BCUT2D eigenvalue weighted by atomic mass is 10.0. The van der Waals surface area contributed by atoms with Gasteiger partial charge in [0, 0.05) is 25.2 Å². The van der Waals surface area contributed by atoms with E-state index in [2.05, 4.69) is 0 Å². The van der Waals surface area contributed by atoms with Crippen molar-refractivity contribution in [2.24, 2.45) is 0 Å². The SMILES string of the molecule is CC(C)N(CCC(=O)O)C(=O)c1ccc2c(c1)C(=O)N(C)C2=O. The Morgan fingerprint density at radius 1 is 1.17 bits per heavy atom. The van der Waals surface area contributed by atoms with Gasteiger partial charge in [-0.05, 0) is 32.0 Å². The smallest absolute Gasteiger partial charge is 0.305 e.